The number of rotatable bonds is 6. The van der Waals surface area contributed by atoms with Crippen molar-refractivity contribution in [2.45, 2.75) is 31.8 Å². The molecule has 1 fully saturated rings. The number of carbonyl (C=O) groups is 4. The topological polar surface area (TPSA) is 129 Å². The summed E-state index contributed by atoms with van der Waals surface area (Å²) in [6.45, 7) is 0.706. The summed E-state index contributed by atoms with van der Waals surface area (Å²) >= 11 is 9.58. The highest BCUT2D eigenvalue weighted by molar-refractivity contribution is 9.10. The number of carbonyl (C=O) groups excluding carboxylic acids is 4. The van der Waals surface area contributed by atoms with Crippen molar-refractivity contribution in [2.75, 3.05) is 26.8 Å². The second-order valence-electron chi connectivity index (χ2n) is 11.0. The first kappa shape index (κ1) is 29.2. The minimum atomic E-state index is -0.649. The maximum Gasteiger partial charge on any atom is 0.358 e. The van der Waals surface area contributed by atoms with Crippen LogP contribution in [0.1, 0.15) is 78.4 Å². The fourth-order valence-electron chi connectivity index (χ4n) is 6.18. The smallest absolute Gasteiger partial charge is 0.358 e. The SMILES string of the molecule is CN1Cc2c(C(=O)OCCCOC(=O)c3ncn4c3[C@@H]3CCCN3C(=O)c3cc(Br)ccc3-4)ncn2-c2ccc(Cl)cc2C1=O. The summed E-state index contributed by atoms with van der Waals surface area (Å²) < 4.78 is 15.3. The van der Waals surface area contributed by atoms with E-state index in [2.05, 4.69) is 25.9 Å². The van der Waals surface area contributed by atoms with Crippen LogP contribution in [0.15, 0.2) is 53.5 Å². The number of hydrogen-bond donors (Lipinski definition) is 0. The molecule has 0 bridgehead atoms. The second kappa shape index (κ2) is 11.5. The molecule has 2 aromatic carbocycles. The van der Waals surface area contributed by atoms with Gasteiger partial charge in [-0.25, -0.2) is 19.6 Å². The lowest BCUT2D eigenvalue weighted by Crippen LogP contribution is -2.30. The van der Waals surface area contributed by atoms with Crippen molar-refractivity contribution >= 4 is 51.3 Å². The van der Waals surface area contributed by atoms with Gasteiger partial charge < -0.3 is 19.3 Å². The molecule has 4 aromatic rings. The largest absolute Gasteiger partial charge is 0.461 e. The summed E-state index contributed by atoms with van der Waals surface area (Å²) in [6.07, 6.45) is 4.81. The van der Waals surface area contributed by atoms with Crippen LogP contribution in [-0.4, -0.2) is 79.5 Å². The van der Waals surface area contributed by atoms with Crippen LogP contribution < -0.4 is 0 Å². The van der Waals surface area contributed by atoms with Gasteiger partial charge in [-0.15, -0.1) is 0 Å². The van der Waals surface area contributed by atoms with Crippen LogP contribution in [0.25, 0.3) is 11.4 Å². The number of imidazole rings is 2. The lowest BCUT2D eigenvalue weighted by atomic mass is 10.1. The summed E-state index contributed by atoms with van der Waals surface area (Å²) in [7, 11) is 1.64. The van der Waals surface area contributed by atoms with Crippen molar-refractivity contribution in [2.24, 2.45) is 0 Å². The fraction of sp³-hybridized carbons (Fsp3) is 0.290. The molecule has 1 saturated heterocycles. The van der Waals surface area contributed by atoms with Crippen LogP contribution in [0.2, 0.25) is 5.02 Å². The van der Waals surface area contributed by atoms with Gasteiger partial charge in [-0.1, -0.05) is 27.5 Å². The number of amides is 2. The van der Waals surface area contributed by atoms with Gasteiger partial charge in [0, 0.05) is 29.5 Å². The van der Waals surface area contributed by atoms with Crippen molar-refractivity contribution in [3.8, 4) is 11.4 Å². The molecule has 0 N–H and O–H groups in total. The summed E-state index contributed by atoms with van der Waals surface area (Å²) in [5, 5.41) is 0.428. The van der Waals surface area contributed by atoms with E-state index in [-0.39, 0.29) is 55.4 Å². The summed E-state index contributed by atoms with van der Waals surface area (Å²) in [4.78, 5) is 64.4. The van der Waals surface area contributed by atoms with Crippen LogP contribution in [0.5, 0.6) is 0 Å². The first-order valence-corrected chi connectivity index (χ1v) is 15.5. The van der Waals surface area contributed by atoms with Crippen molar-refractivity contribution in [3.05, 3.63) is 92.5 Å². The van der Waals surface area contributed by atoms with E-state index >= 15 is 0 Å². The Labute approximate surface area is 270 Å². The number of benzene rings is 2. The van der Waals surface area contributed by atoms with Gasteiger partial charge in [0.1, 0.15) is 12.7 Å². The molecular formula is C31H26BrClN6O6. The quantitative estimate of drug-likeness (QED) is 0.209. The van der Waals surface area contributed by atoms with Crippen molar-refractivity contribution in [3.63, 3.8) is 0 Å². The third-order valence-corrected chi connectivity index (χ3v) is 9.00. The Morgan fingerprint density at radius 1 is 0.933 bits per heavy atom. The standard InChI is InChI=1S/C31H26BrClN6O6/c1-36-14-24-25(34-15-38(24)21-8-6-18(33)13-20(21)28(36)40)30(42)44-10-3-11-45-31(43)26-27-23-4-2-9-37(23)29(41)19-12-17(32)5-7-22(19)39(27)16-35-26/h5-8,12-13,15-16,23H,2-4,9-11,14H2,1H3/t23-/m0/s1. The lowest BCUT2D eigenvalue weighted by Gasteiger charge is -2.22. The molecule has 230 valence electrons. The molecule has 14 heteroatoms. The molecule has 0 aliphatic carbocycles. The van der Waals surface area contributed by atoms with E-state index in [0.717, 1.165) is 10.9 Å². The van der Waals surface area contributed by atoms with E-state index in [4.69, 9.17) is 21.1 Å². The minimum Gasteiger partial charge on any atom is -0.461 e. The Hall–Kier alpha value is -4.49. The van der Waals surface area contributed by atoms with Gasteiger partial charge in [-0.3, -0.25) is 18.7 Å². The molecule has 0 saturated carbocycles. The zero-order valence-corrected chi connectivity index (χ0v) is 26.4. The Balaban J connectivity index is 1.01. The van der Waals surface area contributed by atoms with Crippen LogP contribution in [0.4, 0.5) is 0 Å². The number of nitrogens with zero attached hydrogens (tertiary/aromatic N) is 6. The van der Waals surface area contributed by atoms with E-state index in [0.29, 0.717) is 51.9 Å². The molecule has 3 aliphatic heterocycles. The molecular weight excluding hydrogens is 668 g/mol. The summed E-state index contributed by atoms with van der Waals surface area (Å²) in [6, 6.07) is 10.1. The van der Waals surface area contributed by atoms with Crippen LogP contribution in [-0.2, 0) is 16.0 Å². The molecule has 12 nitrogen and oxygen atoms in total. The van der Waals surface area contributed by atoms with Crippen LogP contribution in [0, 0.1) is 0 Å². The Morgan fingerprint density at radius 2 is 1.60 bits per heavy atom. The van der Waals surface area contributed by atoms with Gasteiger partial charge in [0.2, 0.25) is 0 Å². The number of halogens is 2. The Bertz CT molecular complexity index is 1900. The second-order valence-corrected chi connectivity index (χ2v) is 12.4. The zero-order chi connectivity index (χ0) is 31.4. The van der Waals surface area contributed by atoms with E-state index < -0.39 is 11.9 Å². The number of fused-ring (bicyclic) bond motifs is 8. The third-order valence-electron chi connectivity index (χ3n) is 8.27. The first-order chi connectivity index (χ1) is 21.7. The van der Waals surface area contributed by atoms with Crippen molar-refractivity contribution < 1.29 is 28.7 Å². The van der Waals surface area contributed by atoms with E-state index in [1.165, 1.54) is 11.2 Å². The predicted molar refractivity (Wildman–Crippen MR) is 164 cm³/mol. The Morgan fingerprint density at radius 3 is 2.40 bits per heavy atom. The number of ether oxygens (including phenoxy) is 2. The highest BCUT2D eigenvalue weighted by Crippen LogP contribution is 2.40. The molecule has 5 heterocycles. The van der Waals surface area contributed by atoms with Crippen molar-refractivity contribution in [1.82, 2.24) is 28.9 Å². The zero-order valence-electron chi connectivity index (χ0n) is 24.0. The number of aromatic nitrogens is 4. The highest BCUT2D eigenvalue weighted by Gasteiger charge is 2.40. The maximum atomic E-state index is 13.4. The summed E-state index contributed by atoms with van der Waals surface area (Å²) in [5.74, 6) is -1.57. The molecule has 7 rings (SSSR count). The van der Waals surface area contributed by atoms with E-state index in [9.17, 15) is 19.2 Å². The normalized spacial score (nSPS) is 16.6. The van der Waals surface area contributed by atoms with Crippen LogP contribution >= 0.6 is 27.5 Å². The minimum absolute atomic E-state index is 0.0120. The molecule has 0 spiro atoms. The van der Waals surface area contributed by atoms with E-state index in [1.807, 2.05) is 12.1 Å². The Kier molecular flexibility index (Phi) is 7.44. The summed E-state index contributed by atoms with van der Waals surface area (Å²) in [5.41, 5.74) is 3.57. The van der Waals surface area contributed by atoms with Gasteiger partial charge in [-0.2, -0.15) is 0 Å². The van der Waals surface area contributed by atoms with Gasteiger partial charge >= 0.3 is 11.9 Å². The van der Waals surface area contributed by atoms with Crippen molar-refractivity contribution in [1.29, 1.82) is 0 Å². The molecule has 1 atom stereocenters. The first-order valence-electron chi connectivity index (χ1n) is 14.4. The number of esters is 2. The molecule has 0 radical (unpaired) electrons. The van der Waals surface area contributed by atoms with Gasteiger partial charge in [0.15, 0.2) is 11.4 Å². The van der Waals surface area contributed by atoms with Crippen LogP contribution in [0.3, 0.4) is 0 Å². The maximum absolute atomic E-state index is 13.4. The monoisotopic (exact) mass is 692 g/mol. The van der Waals surface area contributed by atoms with Gasteiger partial charge in [0.05, 0.1) is 59.7 Å². The molecule has 45 heavy (non-hydrogen) atoms. The highest BCUT2D eigenvalue weighted by atomic mass is 79.9. The van der Waals surface area contributed by atoms with Gasteiger partial charge in [-0.05, 0) is 49.2 Å². The molecule has 2 amide bonds. The molecule has 0 unspecified atom stereocenters. The van der Waals surface area contributed by atoms with Gasteiger partial charge in [0.25, 0.3) is 11.8 Å². The molecule has 2 aromatic heterocycles. The molecule has 3 aliphatic rings. The lowest BCUT2D eigenvalue weighted by molar-refractivity contribution is 0.0383. The third kappa shape index (κ3) is 4.99. The number of hydrogen-bond acceptors (Lipinski definition) is 8. The average Bonchev–Trinajstić information content (AvgIpc) is 3.76. The fourth-order valence-corrected chi connectivity index (χ4v) is 6.72. The predicted octanol–water partition coefficient (Wildman–Crippen LogP) is 4.75. The average molecular weight is 694 g/mol. The van der Waals surface area contributed by atoms with E-state index in [1.54, 1.807) is 51.7 Å².